The lowest BCUT2D eigenvalue weighted by molar-refractivity contribution is -0.168. The molecule has 1 aromatic carbocycles. The van der Waals surface area contributed by atoms with Crippen LogP contribution in [0.4, 0.5) is 0 Å². The zero-order valence-electron chi connectivity index (χ0n) is 14.6. The summed E-state index contributed by atoms with van der Waals surface area (Å²) in [7, 11) is 2.63. The Bertz CT molecular complexity index is 606. The van der Waals surface area contributed by atoms with Crippen molar-refractivity contribution in [2.75, 3.05) is 14.2 Å². The van der Waals surface area contributed by atoms with Crippen LogP contribution in [0, 0.1) is 17.3 Å². The number of rotatable bonds is 5. The molecule has 2 rings (SSSR count). The number of ether oxygens (including phenoxy) is 2. The number of thioether (sulfide) groups is 1. The number of esters is 2. The molecule has 24 heavy (non-hydrogen) atoms. The third-order valence-electron chi connectivity index (χ3n) is 4.60. The van der Waals surface area contributed by atoms with Crippen LogP contribution in [0.2, 0.25) is 0 Å². The van der Waals surface area contributed by atoms with Gasteiger partial charge in [0, 0.05) is 4.90 Å². The van der Waals surface area contributed by atoms with Crippen molar-refractivity contribution in [3.63, 3.8) is 0 Å². The zero-order valence-corrected chi connectivity index (χ0v) is 15.4. The van der Waals surface area contributed by atoms with Crippen LogP contribution in [0.5, 0.6) is 0 Å². The number of carbonyl (C=O) groups excluding carboxylic acids is 2. The van der Waals surface area contributed by atoms with E-state index in [9.17, 15) is 9.59 Å². The van der Waals surface area contributed by atoms with Crippen molar-refractivity contribution < 1.29 is 19.1 Å². The summed E-state index contributed by atoms with van der Waals surface area (Å²) >= 11 is 1.61. The minimum absolute atomic E-state index is 0.152. The Labute approximate surface area is 147 Å². The predicted molar refractivity (Wildman–Crippen MR) is 94.4 cm³/mol. The summed E-state index contributed by atoms with van der Waals surface area (Å²) in [6.07, 6.45) is 0.792. The van der Waals surface area contributed by atoms with Crippen LogP contribution in [0.1, 0.15) is 26.7 Å². The molecule has 0 aromatic heterocycles. The lowest BCUT2D eigenvalue weighted by Crippen LogP contribution is -2.39. The Morgan fingerprint density at radius 1 is 1.17 bits per heavy atom. The van der Waals surface area contributed by atoms with Crippen LogP contribution in [0.15, 0.2) is 46.2 Å². The normalized spacial score (nSPS) is 21.0. The molecule has 0 bridgehead atoms. The highest BCUT2D eigenvalue weighted by molar-refractivity contribution is 8.02. The Hall–Kier alpha value is -1.75. The molecule has 1 aliphatic rings. The third-order valence-corrected chi connectivity index (χ3v) is 5.56. The molecule has 5 heteroatoms. The van der Waals surface area contributed by atoms with Gasteiger partial charge in [-0.15, -0.1) is 0 Å². The third kappa shape index (κ3) is 3.66. The summed E-state index contributed by atoms with van der Waals surface area (Å²) < 4.78 is 9.85. The molecule has 0 N–H and O–H groups in total. The Morgan fingerprint density at radius 2 is 1.75 bits per heavy atom. The summed E-state index contributed by atoms with van der Waals surface area (Å²) in [6.45, 7) is 4.21. The summed E-state index contributed by atoms with van der Waals surface area (Å²) in [6, 6.07) is 10.0. The quantitative estimate of drug-likeness (QED) is 0.456. The molecular formula is C19H24O4S. The molecule has 1 atom stereocenters. The number of hydrogen-bond acceptors (Lipinski definition) is 5. The first-order valence-corrected chi connectivity index (χ1v) is 8.90. The van der Waals surface area contributed by atoms with Crippen LogP contribution in [0.3, 0.4) is 0 Å². The fourth-order valence-electron chi connectivity index (χ4n) is 3.28. The Morgan fingerprint density at radius 3 is 2.25 bits per heavy atom. The highest BCUT2D eigenvalue weighted by atomic mass is 32.2. The average molecular weight is 348 g/mol. The van der Waals surface area contributed by atoms with Gasteiger partial charge in [0.1, 0.15) is 0 Å². The number of methoxy groups -OCH3 is 2. The van der Waals surface area contributed by atoms with E-state index in [2.05, 4.69) is 19.3 Å². The largest absolute Gasteiger partial charge is 0.468 e. The minimum atomic E-state index is -1.22. The smallest absolute Gasteiger partial charge is 0.323 e. The Kier molecular flexibility index (Phi) is 6.10. The van der Waals surface area contributed by atoms with Gasteiger partial charge in [-0.3, -0.25) is 9.59 Å². The van der Waals surface area contributed by atoms with Gasteiger partial charge < -0.3 is 9.47 Å². The molecule has 0 amide bonds. The maximum atomic E-state index is 12.4. The van der Waals surface area contributed by atoms with Gasteiger partial charge in [0.05, 0.1) is 14.2 Å². The number of carbonyl (C=O) groups is 2. The predicted octanol–water partition coefficient (Wildman–Crippen LogP) is 4.06. The van der Waals surface area contributed by atoms with Gasteiger partial charge in [0.2, 0.25) is 0 Å². The summed E-state index contributed by atoms with van der Waals surface area (Å²) in [5.74, 6) is -0.538. The van der Waals surface area contributed by atoms with Crippen LogP contribution < -0.4 is 0 Å². The number of benzene rings is 1. The molecule has 0 radical (unpaired) electrons. The topological polar surface area (TPSA) is 52.6 Å². The molecule has 0 aliphatic heterocycles. The van der Waals surface area contributed by atoms with E-state index in [1.165, 1.54) is 14.2 Å². The van der Waals surface area contributed by atoms with Gasteiger partial charge >= 0.3 is 11.9 Å². The van der Waals surface area contributed by atoms with Crippen molar-refractivity contribution in [3.05, 3.63) is 41.3 Å². The molecule has 1 saturated carbocycles. The van der Waals surface area contributed by atoms with Crippen LogP contribution >= 0.6 is 11.8 Å². The van der Waals surface area contributed by atoms with E-state index in [0.29, 0.717) is 18.8 Å². The van der Waals surface area contributed by atoms with Gasteiger partial charge in [-0.05, 0) is 42.2 Å². The standard InChI is InChI=1S/C19H24O4S/c1-13(2)16-11-19(17(20)22-3,18(21)23-4)10-14(16)12-24-15-8-6-5-7-9-15/h5-9,12-13,16H,10-11H2,1-4H3/b14-12-. The van der Waals surface area contributed by atoms with Crippen LogP contribution in [0.25, 0.3) is 0 Å². The van der Waals surface area contributed by atoms with Crippen molar-refractivity contribution in [1.29, 1.82) is 0 Å². The first-order chi connectivity index (χ1) is 11.4. The summed E-state index contributed by atoms with van der Waals surface area (Å²) in [5, 5.41) is 2.08. The van der Waals surface area contributed by atoms with Crippen LogP contribution in [-0.4, -0.2) is 26.2 Å². The molecule has 130 valence electrons. The maximum Gasteiger partial charge on any atom is 0.323 e. The molecule has 1 fully saturated rings. The van der Waals surface area contributed by atoms with E-state index in [1.54, 1.807) is 11.8 Å². The fourth-order valence-corrected chi connectivity index (χ4v) is 4.14. The van der Waals surface area contributed by atoms with E-state index >= 15 is 0 Å². The Balaban J connectivity index is 2.33. The molecule has 1 unspecified atom stereocenters. The maximum absolute atomic E-state index is 12.4. The molecular weight excluding hydrogens is 324 g/mol. The second-order valence-electron chi connectivity index (χ2n) is 6.42. The lowest BCUT2D eigenvalue weighted by Gasteiger charge is -2.23. The number of allylic oxidation sites excluding steroid dienone is 1. The van der Waals surface area contributed by atoms with Gasteiger partial charge in [0.25, 0.3) is 0 Å². The van der Waals surface area contributed by atoms with Crippen LogP contribution in [-0.2, 0) is 19.1 Å². The fraction of sp³-hybridized carbons (Fsp3) is 0.474. The minimum Gasteiger partial charge on any atom is -0.468 e. The molecule has 4 nitrogen and oxygen atoms in total. The SMILES string of the molecule is COC(=O)C1(C(=O)OC)C/C(=C/Sc2ccccc2)C(C(C)C)C1. The van der Waals surface area contributed by atoms with Crippen molar-refractivity contribution in [2.24, 2.45) is 17.3 Å². The monoisotopic (exact) mass is 348 g/mol. The first-order valence-electron chi connectivity index (χ1n) is 8.02. The van der Waals surface area contributed by atoms with E-state index in [0.717, 1.165) is 10.5 Å². The molecule has 1 aromatic rings. The summed E-state index contributed by atoms with van der Waals surface area (Å²) in [5.41, 5.74) is -0.115. The first kappa shape index (κ1) is 18.6. The molecule has 0 spiro atoms. The van der Waals surface area contributed by atoms with E-state index in [4.69, 9.17) is 9.47 Å². The van der Waals surface area contributed by atoms with Crippen molar-refractivity contribution >= 4 is 23.7 Å². The van der Waals surface area contributed by atoms with Crippen molar-refractivity contribution in [2.45, 2.75) is 31.6 Å². The van der Waals surface area contributed by atoms with Gasteiger partial charge in [0.15, 0.2) is 5.41 Å². The van der Waals surface area contributed by atoms with E-state index in [1.807, 2.05) is 30.3 Å². The summed E-state index contributed by atoms with van der Waals surface area (Å²) in [4.78, 5) is 25.9. The van der Waals surface area contributed by atoms with Gasteiger partial charge in [-0.25, -0.2) is 0 Å². The molecule has 1 aliphatic carbocycles. The highest BCUT2D eigenvalue weighted by Crippen LogP contribution is 2.50. The van der Waals surface area contributed by atoms with E-state index < -0.39 is 17.4 Å². The number of hydrogen-bond donors (Lipinski definition) is 0. The van der Waals surface area contributed by atoms with Gasteiger partial charge in [-0.2, -0.15) is 0 Å². The molecule has 0 heterocycles. The second-order valence-corrected chi connectivity index (χ2v) is 7.36. The zero-order chi connectivity index (χ0) is 17.7. The van der Waals surface area contributed by atoms with Gasteiger partial charge in [-0.1, -0.05) is 49.4 Å². The van der Waals surface area contributed by atoms with Crippen molar-refractivity contribution in [3.8, 4) is 0 Å². The molecule has 0 saturated heterocycles. The van der Waals surface area contributed by atoms with Crippen molar-refractivity contribution in [1.82, 2.24) is 0 Å². The second kappa shape index (κ2) is 7.88. The lowest BCUT2D eigenvalue weighted by atomic mass is 9.83. The highest BCUT2D eigenvalue weighted by Gasteiger charge is 2.55. The van der Waals surface area contributed by atoms with E-state index in [-0.39, 0.29) is 5.92 Å². The average Bonchev–Trinajstić information content (AvgIpc) is 3.00.